The number of carboxylic acid groups (broad SMARTS) is 2. The summed E-state index contributed by atoms with van der Waals surface area (Å²) < 4.78 is 0. The highest BCUT2D eigenvalue weighted by molar-refractivity contribution is 5.97. The zero-order chi connectivity index (χ0) is 9.69. The van der Waals surface area contributed by atoms with E-state index in [0.29, 0.717) is 0 Å². The van der Waals surface area contributed by atoms with Crippen molar-refractivity contribution in [2.75, 3.05) is 0 Å². The molecule has 1 fully saturated rings. The number of aliphatic carboxylic acids is 2. The average Bonchev–Trinajstić information content (AvgIpc) is 2.75. The molecule has 4 nitrogen and oxygen atoms in total. The summed E-state index contributed by atoms with van der Waals surface area (Å²) in [5.41, 5.74) is -2.37. The minimum Gasteiger partial charge on any atom is -0.481 e. The van der Waals surface area contributed by atoms with Crippen LogP contribution in [0.1, 0.15) is 6.42 Å². The van der Waals surface area contributed by atoms with Crippen LogP contribution in [-0.4, -0.2) is 22.2 Å². The molecule has 0 bridgehead atoms. The molecule has 0 aromatic carbocycles. The van der Waals surface area contributed by atoms with E-state index in [1.165, 1.54) is 12.2 Å². The van der Waals surface area contributed by atoms with Crippen molar-refractivity contribution in [1.29, 1.82) is 0 Å². The maximum absolute atomic E-state index is 10.9. The van der Waals surface area contributed by atoms with Crippen LogP contribution in [0.5, 0.6) is 0 Å². The van der Waals surface area contributed by atoms with Gasteiger partial charge < -0.3 is 10.2 Å². The highest BCUT2D eigenvalue weighted by Gasteiger charge is 2.75. The Morgan fingerprint density at radius 3 is 1.69 bits per heavy atom. The van der Waals surface area contributed by atoms with Crippen LogP contribution >= 0.6 is 0 Å². The first-order chi connectivity index (χ1) is 6.05. The summed E-state index contributed by atoms with van der Waals surface area (Å²) in [6.07, 6.45) is 6.26. The van der Waals surface area contributed by atoms with Gasteiger partial charge in [0.15, 0.2) is 0 Å². The highest BCUT2D eigenvalue weighted by Crippen LogP contribution is 2.67. The Labute approximate surface area is 74.2 Å². The number of carboxylic acids is 2. The molecule has 2 aliphatic rings. The van der Waals surface area contributed by atoms with Crippen LogP contribution in [0.3, 0.4) is 0 Å². The fraction of sp³-hybridized carbons (Fsp3) is 0.333. The Morgan fingerprint density at radius 2 is 1.38 bits per heavy atom. The minimum absolute atomic E-state index is 0.164. The molecule has 0 radical (unpaired) electrons. The molecule has 2 N–H and O–H groups in total. The maximum atomic E-state index is 10.9. The molecule has 0 aromatic rings. The van der Waals surface area contributed by atoms with Gasteiger partial charge in [0.1, 0.15) is 10.8 Å². The average molecular weight is 180 g/mol. The van der Waals surface area contributed by atoms with Crippen LogP contribution in [0.4, 0.5) is 0 Å². The van der Waals surface area contributed by atoms with Gasteiger partial charge in [-0.1, -0.05) is 24.3 Å². The third-order valence-electron chi connectivity index (χ3n) is 2.86. The molecular formula is C9H8O4. The van der Waals surface area contributed by atoms with Crippen LogP contribution in [0.15, 0.2) is 24.3 Å². The molecule has 2 atom stereocenters. The van der Waals surface area contributed by atoms with Gasteiger partial charge in [0.05, 0.1) is 0 Å². The first-order valence-corrected chi connectivity index (χ1v) is 3.89. The number of rotatable bonds is 2. The summed E-state index contributed by atoms with van der Waals surface area (Å²) in [7, 11) is 0. The van der Waals surface area contributed by atoms with Crippen LogP contribution in [0, 0.1) is 10.8 Å². The Bertz CT molecular complexity index is 321. The molecule has 68 valence electrons. The van der Waals surface area contributed by atoms with E-state index >= 15 is 0 Å². The van der Waals surface area contributed by atoms with Gasteiger partial charge in [-0.25, -0.2) is 0 Å². The van der Waals surface area contributed by atoms with Gasteiger partial charge in [0.25, 0.3) is 0 Å². The Kier molecular flexibility index (Phi) is 1.25. The van der Waals surface area contributed by atoms with Crippen LogP contribution in [0.25, 0.3) is 0 Å². The summed E-state index contributed by atoms with van der Waals surface area (Å²) in [5.74, 6) is -2.12. The van der Waals surface area contributed by atoms with Crippen molar-refractivity contribution in [3.63, 3.8) is 0 Å². The molecular weight excluding hydrogens is 172 g/mol. The number of hydrogen-bond acceptors (Lipinski definition) is 2. The molecule has 2 unspecified atom stereocenters. The summed E-state index contributed by atoms with van der Waals surface area (Å²) in [6.45, 7) is 0. The fourth-order valence-electron chi connectivity index (χ4n) is 1.93. The van der Waals surface area contributed by atoms with Crippen molar-refractivity contribution < 1.29 is 19.8 Å². The first-order valence-electron chi connectivity index (χ1n) is 3.89. The standard InChI is InChI=1S/C9H8O4/c10-6(11)8-3-1-2-4-9(8,5-8)7(12)13/h1-4H,5H2,(H,10,11)(H,12,13). The van der Waals surface area contributed by atoms with Gasteiger partial charge in [-0.3, -0.25) is 9.59 Å². The van der Waals surface area contributed by atoms with Gasteiger partial charge in [-0.2, -0.15) is 0 Å². The van der Waals surface area contributed by atoms with Crippen LogP contribution in [0.2, 0.25) is 0 Å². The first kappa shape index (κ1) is 8.04. The number of hydrogen-bond donors (Lipinski definition) is 2. The fourth-order valence-corrected chi connectivity index (χ4v) is 1.93. The third kappa shape index (κ3) is 0.703. The minimum atomic E-state index is -1.19. The zero-order valence-corrected chi connectivity index (χ0v) is 6.73. The molecule has 0 aromatic heterocycles. The largest absolute Gasteiger partial charge is 0.481 e. The van der Waals surface area contributed by atoms with E-state index in [0.717, 1.165) is 0 Å². The third-order valence-corrected chi connectivity index (χ3v) is 2.86. The number of carbonyl (C=O) groups is 2. The molecule has 4 heteroatoms. The summed E-state index contributed by atoms with van der Waals surface area (Å²) in [6, 6.07) is 0. The monoisotopic (exact) mass is 180 g/mol. The lowest BCUT2D eigenvalue weighted by molar-refractivity contribution is -0.149. The van der Waals surface area contributed by atoms with Gasteiger partial charge in [0.2, 0.25) is 0 Å². The van der Waals surface area contributed by atoms with Gasteiger partial charge in [0, 0.05) is 0 Å². The van der Waals surface area contributed by atoms with E-state index in [1.807, 2.05) is 0 Å². The van der Waals surface area contributed by atoms with Gasteiger partial charge in [-0.05, 0) is 6.42 Å². The van der Waals surface area contributed by atoms with Gasteiger partial charge in [-0.15, -0.1) is 0 Å². The maximum Gasteiger partial charge on any atom is 0.315 e. The quantitative estimate of drug-likeness (QED) is 0.654. The van der Waals surface area contributed by atoms with E-state index < -0.39 is 22.8 Å². The zero-order valence-electron chi connectivity index (χ0n) is 6.73. The summed E-state index contributed by atoms with van der Waals surface area (Å²) in [5, 5.41) is 17.8. The molecule has 0 saturated heterocycles. The second kappa shape index (κ2) is 2.02. The van der Waals surface area contributed by atoms with Crippen LogP contribution < -0.4 is 0 Å². The van der Waals surface area contributed by atoms with Gasteiger partial charge >= 0.3 is 11.9 Å². The summed E-state index contributed by atoms with van der Waals surface area (Å²) in [4.78, 5) is 21.8. The second-order valence-corrected chi connectivity index (χ2v) is 3.45. The smallest absolute Gasteiger partial charge is 0.315 e. The summed E-state index contributed by atoms with van der Waals surface area (Å²) >= 11 is 0. The lowest BCUT2D eigenvalue weighted by Gasteiger charge is -2.14. The Hall–Kier alpha value is -1.58. The second-order valence-electron chi connectivity index (χ2n) is 3.45. The van der Waals surface area contributed by atoms with Crippen molar-refractivity contribution in [2.24, 2.45) is 10.8 Å². The van der Waals surface area contributed by atoms with Crippen molar-refractivity contribution in [3.8, 4) is 0 Å². The van der Waals surface area contributed by atoms with Crippen molar-refractivity contribution >= 4 is 11.9 Å². The van der Waals surface area contributed by atoms with Crippen molar-refractivity contribution in [3.05, 3.63) is 24.3 Å². The Morgan fingerprint density at radius 1 is 1.00 bits per heavy atom. The molecule has 2 aliphatic carbocycles. The van der Waals surface area contributed by atoms with Crippen LogP contribution in [-0.2, 0) is 9.59 Å². The molecule has 13 heavy (non-hydrogen) atoms. The topological polar surface area (TPSA) is 74.6 Å². The lowest BCUT2D eigenvalue weighted by Crippen LogP contribution is -2.27. The molecule has 0 heterocycles. The molecule has 2 rings (SSSR count). The van der Waals surface area contributed by atoms with Crippen molar-refractivity contribution in [1.82, 2.24) is 0 Å². The predicted octanol–water partition coefficient (Wildman–Crippen LogP) is 0.658. The predicted molar refractivity (Wildman–Crippen MR) is 43.0 cm³/mol. The van der Waals surface area contributed by atoms with E-state index in [4.69, 9.17) is 10.2 Å². The lowest BCUT2D eigenvalue weighted by atomic mass is 9.89. The normalized spacial score (nSPS) is 39.7. The van der Waals surface area contributed by atoms with E-state index in [2.05, 4.69) is 0 Å². The highest BCUT2D eigenvalue weighted by atomic mass is 16.4. The molecule has 0 aliphatic heterocycles. The Balaban J connectivity index is 2.46. The molecule has 0 spiro atoms. The molecule has 0 amide bonds. The number of allylic oxidation sites excluding steroid dienone is 2. The SMILES string of the molecule is O=C(O)C12C=CC=CC1(C(=O)O)C2. The van der Waals surface area contributed by atoms with E-state index in [-0.39, 0.29) is 6.42 Å². The van der Waals surface area contributed by atoms with E-state index in [9.17, 15) is 9.59 Å². The van der Waals surface area contributed by atoms with Crippen molar-refractivity contribution in [2.45, 2.75) is 6.42 Å². The molecule has 1 saturated carbocycles. The number of fused-ring (bicyclic) bond motifs is 1. The van der Waals surface area contributed by atoms with E-state index in [1.54, 1.807) is 12.2 Å².